The number of amides is 1. The molecule has 11 heteroatoms. The Bertz CT molecular complexity index is 1640. The van der Waals surface area contributed by atoms with Gasteiger partial charge in [-0.1, -0.05) is 12.6 Å². The van der Waals surface area contributed by atoms with Gasteiger partial charge >= 0.3 is 0 Å². The Kier molecular flexibility index (Phi) is 8.67. The first-order chi connectivity index (χ1) is 21.5. The molecule has 0 radical (unpaired) electrons. The summed E-state index contributed by atoms with van der Waals surface area (Å²) in [5.74, 6) is 2.25. The van der Waals surface area contributed by atoms with E-state index in [9.17, 15) is 4.79 Å². The molecule has 44 heavy (non-hydrogen) atoms. The molecule has 0 spiro atoms. The number of aromatic nitrogens is 3. The van der Waals surface area contributed by atoms with Crippen molar-refractivity contribution in [3.63, 3.8) is 0 Å². The van der Waals surface area contributed by atoms with Gasteiger partial charge in [0.25, 0.3) is 0 Å². The summed E-state index contributed by atoms with van der Waals surface area (Å²) >= 11 is 0. The topological polar surface area (TPSA) is 100 Å². The molecular weight excluding hydrogens is 556 g/mol. The second-order valence-corrected chi connectivity index (χ2v) is 11.3. The Morgan fingerprint density at radius 3 is 2.48 bits per heavy atom. The minimum absolute atomic E-state index is 0.275. The van der Waals surface area contributed by atoms with Gasteiger partial charge in [-0.25, -0.2) is 4.98 Å². The van der Waals surface area contributed by atoms with E-state index in [1.807, 2.05) is 53.2 Å². The lowest BCUT2D eigenvalue weighted by molar-refractivity contribution is -0.111. The number of likely N-dealkylation sites (N-methyl/N-ethyl adjacent to an activating group) is 1. The highest BCUT2D eigenvalue weighted by atomic mass is 16.5. The number of nitrogens with one attached hydrogen (secondary N) is 2. The molecule has 2 aromatic heterocycles. The average Bonchev–Trinajstić information content (AvgIpc) is 3.50. The number of piperidine rings is 1. The summed E-state index contributed by atoms with van der Waals surface area (Å²) in [7, 11) is 5.50. The van der Waals surface area contributed by atoms with Gasteiger partial charge in [0.1, 0.15) is 17.3 Å². The lowest BCUT2D eigenvalue weighted by atomic mass is 10.0. The van der Waals surface area contributed by atoms with Crippen molar-refractivity contribution in [3.8, 4) is 17.3 Å². The molecule has 0 bridgehead atoms. The molecule has 0 unspecified atom stereocenters. The molecule has 230 valence electrons. The lowest BCUT2D eigenvalue weighted by Crippen LogP contribution is -2.52. The van der Waals surface area contributed by atoms with Gasteiger partial charge in [0.2, 0.25) is 11.9 Å². The summed E-state index contributed by atoms with van der Waals surface area (Å²) in [4.78, 5) is 29.1. The number of ether oxygens (including phenoxy) is 2. The number of carbonyl (C=O) groups is 1. The van der Waals surface area contributed by atoms with Gasteiger partial charge < -0.3 is 34.5 Å². The maximum absolute atomic E-state index is 12.5. The van der Waals surface area contributed by atoms with Crippen LogP contribution in [0.15, 0.2) is 67.5 Å². The van der Waals surface area contributed by atoms with Gasteiger partial charge in [-0.15, -0.1) is 0 Å². The summed E-state index contributed by atoms with van der Waals surface area (Å²) < 4.78 is 13.4. The zero-order chi connectivity index (χ0) is 30.6. The Morgan fingerprint density at radius 2 is 1.75 bits per heavy atom. The summed E-state index contributed by atoms with van der Waals surface area (Å²) in [6, 6.07) is 14.2. The maximum atomic E-state index is 12.5. The molecule has 1 amide bonds. The molecule has 2 saturated heterocycles. The molecular formula is C33H40N8O3. The Balaban J connectivity index is 1.26. The van der Waals surface area contributed by atoms with E-state index < -0.39 is 0 Å². The lowest BCUT2D eigenvalue weighted by Gasteiger charge is -2.43. The van der Waals surface area contributed by atoms with Crippen LogP contribution in [0.3, 0.4) is 0 Å². The van der Waals surface area contributed by atoms with Crippen LogP contribution in [-0.2, 0) is 4.79 Å². The van der Waals surface area contributed by atoms with E-state index in [4.69, 9.17) is 14.5 Å². The largest absolute Gasteiger partial charge is 0.496 e. The van der Waals surface area contributed by atoms with Crippen LogP contribution in [-0.4, -0.2) is 96.8 Å². The van der Waals surface area contributed by atoms with Crippen molar-refractivity contribution in [3.05, 3.63) is 67.5 Å². The number of rotatable bonds is 9. The molecule has 0 saturated carbocycles. The van der Waals surface area contributed by atoms with Crippen LogP contribution >= 0.6 is 0 Å². The predicted molar refractivity (Wildman–Crippen MR) is 175 cm³/mol. The average molecular weight is 597 g/mol. The van der Waals surface area contributed by atoms with E-state index >= 15 is 0 Å². The minimum Gasteiger partial charge on any atom is -0.496 e. The molecule has 2 aliphatic rings. The van der Waals surface area contributed by atoms with E-state index in [-0.39, 0.29) is 5.91 Å². The molecule has 2 fully saturated rings. The highest BCUT2D eigenvalue weighted by Gasteiger charge is 2.28. The summed E-state index contributed by atoms with van der Waals surface area (Å²) in [6.07, 6.45) is 7.10. The van der Waals surface area contributed by atoms with E-state index in [1.54, 1.807) is 20.4 Å². The monoisotopic (exact) mass is 596 g/mol. The highest BCUT2D eigenvalue weighted by Crippen LogP contribution is 2.39. The van der Waals surface area contributed by atoms with Crippen molar-refractivity contribution in [1.29, 1.82) is 0 Å². The predicted octanol–water partition coefficient (Wildman–Crippen LogP) is 4.52. The van der Waals surface area contributed by atoms with Crippen LogP contribution in [0, 0.1) is 0 Å². The molecule has 0 aliphatic carbocycles. The van der Waals surface area contributed by atoms with Crippen LogP contribution in [0.1, 0.15) is 12.8 Å². The Morgan fingerprint density at radius 1 is 0.977 bits per heavy atom. The second kappa shape index (κ2) is 12.9. The molecule has 6 rings (SSSR count). The minimum atomic E-state index is -0.275. The van der Waals surface area contributed by atoms with Crippen molar-refractivity contribution in [2.24, 2.45) is 0 Å². The Hall–Kier alpha value is -4.61. The quantitative estimate of drug-likeness (QED) is 0.270. The molecule has 2 aliphatic heterocycles. The molecule has 2 aromatic carbocycles. The number of piperazine rings is 1. The number of hydrogen-bond acceptors (Lipinski definition) is 9. The standard InChI is InChI=1S/C33H40N8O3/c1-5-32(42)35-25-21-26(30(44-4)22-28(25)40-14-10-23(11-15-40)39-19-17-38(2)18-20-39)36-33-34-13-9-31(37-33)41-16-12-24-27(41)7-6-8-29(24)43-3/h5-9,12-13,16,21-23H,1,10-11,14-15,17-20H2,2-4H3,(H,35,42)(H,34,36,37). The van der Waals surface area contributed by atoms with Gasteiger partial charge in [-0.2, -0.15) is 4.98 Å². The SMILES string of the molecule is C=CC(=O)Nc1cc(Nc2nccc(-n3ccc4c(OC)cccc43)n2)c(OC)cc1N1CCC(N2CCN(C)CC2)CC1. The normalized spacial score (nSPS) is 16.6. The third kappa shape index (κ3) is 6.06. The first-order valence-corrected chi connectivity index (χ1v) is 15.0. The molecule has 0 atom stereocenters. The fourth-order valence-electron chi connectivity index (χ4n) is 6.22. The first kappa shape index (κ1) is 29.5. The molecule has 11 nitrogen and oxygen atoms in total. The zero-order valence-corrected chi connectivity index (χ0v) is 25.6. The number of fused-ring (bicyclic) bond motifs is 1. The number of benzene rings is 2. The van der Waals surface area contributed by atoms with Crippen LogP contribution in [0.5, 0.6) is 11.5 Å². The Labute approximate surface area is 258 Å². The van der Waals surface area contributed by atoms with Crippen LogP contribution in [0.2, 0.25) is 0 Å². The third-order valence-corrected chi connectivity index (χ3v) is 8.67. The third-order valence-electron chi connectivity index (χ3n) is 8.67. The van der Waals surface area contributed by atoms with Gasteiger partial charge in [0.05, 0.1) is 36.8 Å². The van der Waals surface area contributed by atoms with Crippen LogP contribution in [0.4, 0.5) is 23.0 Å². The number of carbonyl (C=O) groups excluding carboxylic acids is 1. The van der Waals surface area contributed by atoms with E-state index in [0.717, 1.165) is 74.5 Å². The van der Waals surface area contributed by atoms with Crippen LogP contribution in [0.25, 0.3) is 16.7 Å². The van der Waals surface area contributed by atoms with Crippen molar-refractivity contribution in [1.82, 2.24) is 24.3 Å². The first-order valence-electron chi connectivity index (χ1n) is 15.0. The maximum Gasteiger partial charge on any atom is 0.247 e. The van der Waals surface area contributed by atoms with Crippen molar-refractivity contribution >= 4 is 39.8 Å². The summed E-state index contributed by atoms with van der Waals surface area (Å²) in [6.45, 7) is 9.91. The highest BCUT2D eigenvalue weighted by molar-refractivity contribution is 6.02. The smallest absolute Gasteiger partial charge is 0.247 e. The number of methoxy groups -OCH3 is 2. The molecule has 2 N–H and O–H groups in total. The fourth-order valence-corrected chi connectivity index (χ4v) is 6.22. The van der Waals surface area contributed by atoms with Crippen molar-refractivity contribution in [2.45, 2.75) is 18.9 Å². The van der Waals surface area contributed by atoms with Crippen molar-refractivity contribution in [2.75, 3.05) is 76.1 Å². The van der Waals surface area contributed by atoms with E-state index in [0.29, 0.717) is 34.9 Å². The fraction of sp³-hybridized carbons (Fsp3) is 0.364. The van der Waals surface area contributed by atoms with Gasteiger partial charge in [0, 0.05) is 69.2 Å². The second-order valence-electron chi connectivity index (χ2n) is 11.3. The van der Waals surface area contributed by atoms with E-state index in [1.165, 1.54) is 6.08 Å². The number of anilines is 4. The van der Waals surface area contributed by atoms with Gasteiger partial charge in [0.15, 0.2) is 0 Å². The summed E-state index contributed by atoms with van der Waals surface area (Å²) in [5.41, 5.74) is 3.21. The van der Waals surface area contributed by atoms with Gasteiger partial charge in [-0.3, -0.25) is 9.69 Å². The van der Waals surface area contributed by atoms with Crippen LogP contribution < -0.4 is 25.0 Å². The zero-order valence-electron chi connectivity index (χ0n) is 25.6. The number of hydrogen-bond donors (Lipinski definition) is 2. The molecule has 4 aromatic rings. The van der Waals surface area contributed by atoms with Gasteiger partial charge in [-0.05, 0) is 56.3 Å². The molecule has 4 heterocycles. The number of nitrogens with zero attached hydrogens (tertiary/aromatic N) is 6. The van der Waals surface area contributed by atoms with Crippen molar-refractivity contribution < 1.29 is 14.3 Å². The summed E-state index contributed by atoms with van der Waals surface area (Å²) in [5, 5.41) is 7.33. The van der Waals surface area contributed by atoms with E-state index in [2.05, 4.69) is 43.9 Å².